The molecular formula is C42H54CrN2-4. The number of hydrogen-bond donors (Lipinski definition) is 0. The van der Waals surface area contributed by atoms with Crippen LogP contribution in [-0.2, 0) is 17.4 Å². The molecule has 0 bridgehead atoms. The first-order valence-electron chi connectivity index (χ1n) is 16.3. The SMILES string of the molecule is CC(CC(C)[N-]c1c(C(C)C)cccc1C(C)C)[N-]c1c(C(C)C)cccc1C(C)C.[C-]#Cc1ccccc1.[Cr].c1cc[cH-]c1. The van der Waals surface area contributed by atoms with E-state index in [9.17, 15) is 0 Å². The summed E-state index contributed by atoms with van der Waals surface area (Å²) in [5.41, 5.74) is 8.66. The number of benzene rings is 3. The molecule has 0 aliphatic carbocycles. The molecule has 2 atom stereocenters. The third kappa shape index (κ3) is 13.3. The maximum atomic E-state index is 6.69. The van der Waals surface area contributed by atoms with Crippen molar-refractivity contribution >= 4 is 11.4 Å². The molecule has 3 heteroatoms. The van der Waals surface area contributed by atoms with Crippen LogP contribution in [0, 0.1) is 12.3 Å². The van der Waals surface area contributed by atoms with Crippen LogP contribution in [0.5, 0.6) is 0 Å². The summed E-state index contributed by atoms with van der Waals surface area (Å²) in [6.07, 6.45) is 7.65. The molecule has 45 heavy (non-hydrogen) atoms. The van der Waals surface area contributed by atoms with Crippen LogP contribution >= 0.6 is 0 Å². The number of nitrogens with zero attached hydrogens (tertiary/aromatic N) is 2. The molecule has 0 saturated carbocycles. The number of para-hydroxylation sites is 2. The third-order valence-electron chi connectivity index (χ3n) is 7.54. The summed E-state index contributed by atoms with van der Waals surface area (Å²) in [7, 11) is 0. The Bertz CT molecular complexity index is 1240. The first-order valence-corrected chi connectivity index (χ1v) is 16.3. The summed E-state index contributed by atoms with van der Waals surface area (Å²) >= 11 is 0. The van der Waals surface area contributed by atoms with Crippen LogP contribution in [0.1, 0.15) is 127 Å². The van der Waals surface area contributed by atoms with E-state index in [-0.39, 0.29) is 29.4 Å². The predicted octanol–water partition coefficient (Wildman–Crippen LogP) is 13.1. The fourth-order valence-corrected chi connectivity index (χ4v) is 5.20. The monoisotopic (exact) mass is 638 g/mol. The van der Waals surface area contributed by atoms with E-state index in [2.05, 4.69) is 112 Å². The van der Waals surface area contributed by atoms with Crippen molar-refractivity contribution in [3.05, 3.63) is 142 Å². The number of rotatable bonds is 10. The Hall–Kier alpha value is -3.30. The molecule has 4 rings (SSSR count). The fraction of sp³-hybridized carbons (Fsp3) is 0.405. The minimum absolute atomic E-state index is 0. The van der Waals surface area contributed by atoms with Crippen molar-refractivity contribution in [3.8, 4) is 5.92 Å². The summed E-state index contributed by atoms with van der Waals surface area (Å²) in [5.74, 6) is 4.16. The molecule has 242 valence electrons. The summed E-state index contributed by atoms with van der Waals surface area (Å²) in [4.78, 5) is 0. The molecule has 0 spiro atoms. The molecule has 0 radical (unpaired) electrons. The van der Waals surface area contributed by atoms with Crippen LogP contribution < -0.4 is 0 Å². The minimum atomic E-state index is 0. The molecule has 0 saturated heterocycles. The van der Waals surface area contributed by atoms with E-state index in [1.54, 1.807) is 0 Å². The maximum absolute atomic E-state index is 6.69. The van der Waals surface area contributed by atoms with Crippen molar-refractivity contribution in [1.29, 1.82) is 0 Å². The Labute approximate surface area is 287 Å². The molecule has 4 aromatic rings. The van der Waals surface area contributed by atoms with Crippen molar-refractivity contribution in [2.75, 3.05) is 0 Å². The van der Waals surface area contributed by atoms with Crippen LogP contribution in [0.15, 0.2) is 97.1 Å². The fourth-order valence-electron chi connectivity index (χ4n) is 5.20. The second-order valence-corrected chi connectivity index (χ2v) is 12.8. The molecular weight excluding hydrogens is 584 g/mol. The largest absolute Gasteiger partial charge is 0.681 e. The first kappa shape index (κ1) is 39.7. The molecule has 0 aliphatic heterocycles. The molecule has 2 nitrogen and oxygen atoms in total. The Morgan fingerprint density at radius 3 is 1.13 bits per heavy atom. The standard InChI is InChI=1S/C29H44N2.C8H5.C5H5.Cr/c1-18(2)24-13-11-14-25(19(3)4)28(24)30-22(9)17-23(10)31-29-26(20(5)6)15-12-16-27(29)21(7)8;1-2-8-6-4-3-5-7-8;1-2-4-5-3-1;/h11-16,18-23H,17H2,1-10H3;3-7H;1-5H;/q-2;2*-1;. The van der Waals surface area contributed by atoms with Gasteiger partial charge in [-0.1, -0.05) is 153 Å². The van der Waals surface area contributed by atoms with Crippen molar-refractivity contribution in [3.63, 3.8) is 0 Å². The van der Waals surface area contributed by atoms with Crippen LogP contribution in [-0.4, -0.2) is 12.1 Å². The molecule has 0 fully saturated rings. The van der Waals surface area contributed by atoms with Gasteiger partial charge in [-0.05, 0) is 23.7 Å². The molecule has 0 aliphatic rings. The molecule has 0 heterocycles. The van der Waals surface area contributed by atoms with Gasteiger partial charge in [0.1, 0.15) is 0 Å². The second kappa shape index (κ2) is 20.7. The van der Waals surface area contributed by atoms with Gasteiger partial charge in [0, 0.05) is 17.4 Å². The molecule has 0 amide bonds. The molecule has 4 aromatic carbocycles. The summed E-state index contributed by atoms with van der Waals surface area (Å²) in [5, 5.41) is 10.5. The van der Waals surface area contributed by atoms with Crippen molar-refractivity contribution in [2.45, 2.75) is 111 Å². The summed E-state index contributed by atoms with van der Waals surface area (Å²) < 4.78 is 0. The van der Waals surface area contributed by atoms with Gasteiger partial charge in [0.2, 0.25) is 0 Å². The van der Waals surface area contributed by atoms with Gasteiger partial charge >= 0.3 is 0 Å². The first-order chi connectivity index (χ1) is 21.0. The van der Waals surface area contributed by atoms with E-state index in [0.717, 1.165) is 12.0 Å². The average molecular weight is 639 g/mol. The van der Waals surface area contributed by atoms with Crippen LogP contribution in [0.3, 0.4) is 0 Å². The normalized spacial score (nSPS) is 11.8. The zero-order chi connectivity index (χ0) is 32.6. The maximum Gasteiger partial charge on any atom is 0 e. The van der Waals surface area contributed by atoms with Crippen molar-refractivity contribution < 1.29 is 17.4 Å². The quantitative estimate of drug-likeness (QED) is 0.122. The van der Waals surface area contributed by atoms with Gasteiger partial charge in [-0.25, -0.2) is 12.1 Å². The number of hydrogen-bond acceptors (Lipinski definition) is 0. The topological polar surface area (TPSA) is 28.2 Å². The Balaban J connectivity index is 0.000000591. The summed E-state index contributed by atoms with van der Waals surface area (Å²) in [6.45, 7) is 22.6. The van der Waals surface area contributed by atoms with E-state index in [0.29, 0.717) is 23.7 Å². The Morgan fingerprint density at radius 2 is 0.889 bits per heavy atom. The summed E-state index contributed by atoms with van der Waals surface area (Å²) in [6, 6.07) is 33.1. The van der Waals surface area contributed by atoms with Gasteiger partial charge in [0.25, 0.3) is 0 Å². The van der Waals surface area contributed by atoms with Gasteiger partial charge in [-0.2, -0.15) is 18.2 Å². The van der Waals surface area contributed by atoms with Crippen LogP contribution in [0.25, 0.3) is 10.6 Å². The van der Waals surface area contributed by atoms with Gasteiger partial charge < -0.3 is 17.1 Å². The third-order valence-corrected chi connectivity index (χ3v) is 7.54. The van der Waals surface area contributed by atoms with Crippen LogP contribution in [0.4, 0.5) is 11.4 Å². The van der Waals surface area contributed by atoms with Crippen molar-refractivity contribution in [1.82, 2.24) is 0 Å². The van der Waals surface area contributed by atoms with Crippen molar-refractivity contribution in [2.24, 2.45) is 0 Å². The second-order valence-electron chi connectivity index (χ2n) is 12.8. The molecule has 0 N–H and O–H groups in total. The Morgan fingerprint density at radius 1 is 0.533 bits per heavy atom. The van der Waals surface area contributed by atoms with Gasteiger partial charge in [0.05, 0.1) is 0 Å². The molecule has 2 unspecified atom stereocenters. The molecule has 0 aromatic heterocycles. The predicted molar refractivity (Wildman–Crippen MR) is 194 cm³/mol. The van der Waals surface area contributed by atoms with E-state index in [4.69, 9.17) is 17.1 Å². The van der Waals surface area contributed by atoms with E-state index in [1.165, 1.54) is 33.6 Å². The van der Waals surface area contributed by atoms with E-state index < -0.39 is 0 Å². The zero-order valence-electron chi connectivity index (χ0n) is 29.2. The Kier molecular flexibility index (Phi) is 18.3. The van der Waals surface area contributed by atoms with Gasteiger partial charge in [-0.15, -0.1) is 41.2 Å². The zero-order valence-corrected chi connectivity index (χ0v) is 30.5. The van der Waals surface area contributed by atoms with Crippen LogP contribution in [0.2, 0.25) is 0 Å². The van der Waals surface area contributed by atoms with E-state index in [1.807, 2.05) is 60.7 Å². The van der Waals surface area contributed by atoms with Gasteiger partial charge in [-0.3, -0.25) is 5.92 Å². The minimum Gasteiger partial charge on any atom is -0.681 e. The van der Waals surface area contributed by atoms with E-state index >= 15 is 0 Å². The smallest absolute Gasteiger partial charge is 0 e. The van der Waals surface area contributed by atoms with Gasteiger partial charge in [0.15, 0.2) is 0 Å². The average Bonchev–Trinajstić information content (AvgIpc) is 3.58.